The van der Waals surface area contributed by atoms with Crippen LogP contribution in [0, 0.1) is 0 Å². The number of piperidine rings is 1. The molecule has 0 aromatic rings. The van der Waals surface area contributed by atoms with Gasteiger partial charge in [-0.3, -0.25) is 4.90 Å². The van der Waals surface area contributed by atoms with E-state index in [1.54, 1.807) is 0 Å². The molecule has 2 fully saturated rings. The number of likely N-dealkylation sites (tertiary alicyclic amines) is 1. The first kappa shape index (κ1) is 14.3. The number of nitrogens with two attached hydrogens (primary N) is 1. The maximum Gasteiger partial charge on any atom is 0.0357 e. The monoisotopic (exact) mass is 254 g/mol. The molecule has 0 saturated carbocycles. The maximum absolute atomic E-state index is 6.13. The van der Waals surface area contributed by atoms with Gasteiger partial charge in [-0.05, 0) is 45.9 Å². The SMILES string of the molecule is CCCN1CCN(C2(CN)CCN(C)CC2)CC1. The van der Waals surface area contributed by atoms with Gasteiger partial charge in [0.1, 0.15) is 0 Å². The third-order valence-electron chi connectivity index (χ3n) is 4.88. The third-order valence-corrected chi connectivity index (χ3v) is 4.88. The molecule has 2 aliphatic rings. The molecule has 0 radical (unpaired) electrons. The fraction of sp³-hybridized carbons (Fsp3) is 1.00. The number of piperazine rings is 1. The Hall–Kier alpha value is -0.160. The Kier molecular flexibility index (Phi) is 5.01. The normalized spacial score (nSPS) is 27.5. The molecule has 2 heterocycles. The van der Waals surface area contributed by atoms with Crippen molar-refractivity contribution < 1.29 is 0 Å². The van der Waals surface area contributed by atoms with Crippen molar-refractivity contribution in [3.63, 3.8) is 0 Å². The van der Waals surface area contributed by atoms with Crippen molar-refractivity contribution in [2.24, 2.45) is 5.73 Å². The van der Waals surface area contributed by atoms with Crippen LogP contribution in [0.1, 0.15) is 26.2 Å². The molecule has 2 N–H and O–H groups in total. The van der Waals surface area contributed by atoms with Crippen LogP contribution in [0.25, 0.3) is 0 Å². The molecule has 0 aromatic heterocycles. The van der Waals surface area contributed by atoms with Crippen LogP contribution in [0.3, 0.4) is 0 Å². The molecule has 2 rings (SSSR count). The van der Waals surface area contributed by atoms with Crippen molar-refractivity contribution in [2.45, 2.75) is 31.7 Å². The lowest BCUT2D eigenvalue weighted by molar-refractivity contribution is -0.00113. The first-order valence-electron chi connectivity index (χ1n) is 7.56. The Labute approximate surface area is 112 Å². The highest BCUT2D eigenvalue weighted by Gasteiger charge is 2.39. The van der Waals surface area contributed by atoms with E-state index < -0.39 is 0 Å². The van der Waals surface area contributed by atoms with E-state index in [0.29, 0.717) is 5.54 Å². The summed E-state index contributed by atoms with van der Waals surface area (Å²) in [5, 5.41) is 0. The highest BCUT2D eigenvalue weighted by Crippen LogP contribution is 2.28. The summed E-state index contributed by atoms with van der Waals surface area (Å²) in [7, 11) is 2.22. The summed E-state index contributed by atoms with van der Waals surface area (Å²) in [6, 6.07) is 0. The van der Waals surface area contributed by atoms with E-state index in [1.807, 2.05) is 0 Å². The Morgan fingerprint density at radius 1 is 1.00 bits per heavy atom. The van der Waals surface area contributed by atoms with Gasteiger partial charge in [-0.2, -0.15) is 0 Å². The zero-order valence-corrected chi connectivity index (χ0v) is 12.2. The minimum atomic E-state index is 0.296. The van der Waals surface area contributed by atoms with Crippen molar-refractivity contribution in [1.29, 1.82) is 0 Å². The highest BCUT2D eigenvalue weighted by molar-refractivity contribution is 4.97. The lowest BCUT2D eigenvalue weighted by atomic mass is 9.85. The number of nitrogens with zero attached hydrogens (tertiary/aromatic N) is 3. The van der Waals surface area contributed by atoms with Crippen LogP contribution >= 0.6 is 0 Å². The molecule has 0 aliphatic carbocycles. The summed E-state index contributed by atoms with van der Waals surface area (Å²) in [5.74, 6) is 0. The molecule has 4 heteroatoms. The molecule has 18 heavy (non-hydrogen) atoms. The molecule has 0 unspecified atom stereocenters. The molecule has 0 amide bonds. The van der Waals surface area contributed by atoms with Gasteiger partial charge in [0.25, 0.3) is 0 Å². The quantitative estimate of drug-likeness (QED) is 0.789. The van der Waals surface area contributed by atoms with Crippen LogP contribution < -0.4 is 5.73 Å². The van der Waals surface area contributed by atoms with Gasteiger partial charge >= 0.3 is 0 Å². The number of rotatable bonds is 4. The summed E-state index contributed by atoms with van der Waals surface area (Å²) in [6.45, 7) is 11.6. The molecule has 4 nitrogen and oxygen atoms in total. The van der Waals surface area contributed by atoms with Crippen LogP contribution in [0.15, 0.2) is 0 Å². The molecule has 2 aliphatic heterocycles. The third kappa shape index (κ3) is 3.05. The predicted molar refractivity (Wildman–Crippen MR) is 76.8 cm³/mol. The lowest BCUT2D eigenvalue weighted by Gasteiger charge is -2.50. The fourth-order valence-corrected chi connectivity index (χ4v) is 3.45. The van der Waals surface area contributed by atoms with Crippen LogP contribution in [0.4, 0.5) is 0 Å². The lowest BCUT2D eigenvalue weighted by Crippen LogP contribution is -2.63. The van der Waals surface area contributed by atoms with Gasteiger partial charge in [0.05, 0.1) is 0 Å². The Morgan fingerprint density at radius 3 is 2.11 bits per heavy atom. The van der Waals surface area contributed by atoms with Crippen LogP contribution in [-0.4, -0.2) is 79.6 Å². The average Bonchev–Trinajstić information content (AvgIpc) is 2.42. The summed E-state index contributed by atoms with van der Waals surface area (Å²) in [5.41, 5.74) is 6.43. The van der Waals surface area contributed by atoms with E-state index in [2.05, 4.69) is 28.7 Å². The second kappa shape index (κ2) is 6.33. The Bertz CT molecular complexity index is 240. The van der Waals surface area contributed by atoms with Gasteiger partial charge in [0.15, 0.2) is 0 Å². The highest BCUT2D eigenvalue weighted by atomic mass is 15.3. The largest absolute Gasteiger partial charge is 0.329 e. The van der Waals surface area contributed by atoms with E-state index in [9.17, 15) is 0 Å². The van der Waals surface area contributed by atoms with E-state index in [0.717, 1.165) is 6.54 Å². The average molecular weight is 254 g/mol. The van der Waals surface area contributed by atoms with Crippen LogP contribution in [0.2, 0.25) is 0 Å². The van der Waals surface area contributed by atoms with Gasteiger partial charge in [0.2, 0.25) is 0 Å². The molecule has 0 atom stereocenters. The zero-order chi connectivity index (χ0) is 13.0. The van der Waals surface area contributed by atoms with E-state index in [-0.39, 0.29) is 0 Å². The Morgan fingerprint density at radius 2 is 1.61 bits per heavy atom. The second-order valence-corrected chi connectivity index (χ2v) is 6.06. The summed E-state index contributed by atoms with van der Waals surface area (Å²) in [6.07, 6.45) is 3.76. The molecule has 0 spiro atoms. The summed E-state index contributed by atoms with van der Waals surface area (Å²) < 4.78 is 0. The second-order valence-electron chi connectivity index (χ2n) is 6.06. The van der Waals surface area contributed by atoms with Crippen molar-refractivity contribution in [2.75, 3.05) is 59.4 Å². The smallest absolute Gasteiger partial charge is 0.0357 e. The van der Waals surface area contributed by atoms with Gasteiger partial charge in [-0.1, -0.05) is 6.92 Å². The van der Waals surface area contributed by atoms with Crippen LogP contribution in [-0.2, 0) is 0 Å². The van der Waals surface area contributed by atoms with E-state index >= 15 is 0 Å². The number of hydrogen-bond donors (Lipinski definition) is 1. The van der Waals surface area contributed by atoms with Crippen molar-refractivity contribution >= 4 is 0 Å². The predicted octanol–water partition coefficient (Wildman–Crippen LogP) is 0.437. The summed E-state index contributed by atoms with van der Waals surface area (Å²) in [4.78, 5) is 7.71. The van der Waals surface area contributed by atoms with E-state index in [1.165, 1.54) is 65.1 Å². The molecule has 0 aromatic carbocycles. The van der Waals surface area contributed by atoms with E-state index in [4.69, 9.17) is 5.73 Å². The Balaban J connectivity index is 1.90. The molecule has 106 valence electrons. The molecular formula is C14H30N4. The first-order chi connectivity index (χ1) is 8.70. The molecule has 2 saturated heterocycles. The van der Waals surface area contributed by atoms with Crippen molar-refractivity contribution in [3.05, 3.63) is 0 Å². The van der Waals surface area contributed by atoms with Crippen molar-refractivity contribution in [3.8, 4) is 0 Å². The van der Waals surface area contributed by atoms with Gasteiger partial charge in [-0.15, -0.1) is 0 Å². The van der Waals surface area contributed by atoms with Crippen molar-refractivity contribution in [1.82, 2.24) is 14.7 Å². The number of hydrogen-bond acceptors (Lipinski definition) is 4. The zero-order valence-electron chi connectivity index (χ0n) is 12.2. The topological polar surface area (TPSA) is 35.7 Å². The minimum absolute atomic E-state index is 0.296. The fourth-order valence-electron chi connectivity index (χ4n) is 3.45. The van der Waals surface area contributed by atoms with Gasteiger partial charge in [-0.25, -0.2) is 0 Å². The van der Waals surface area contributed by atoms with Gasteiger partial charge in [0, 0.05) is 38.3 Å². The summed E-state index contributed by atoms with van der Waals surface area (Å²) >= 11 is 0. The molecule has 0 bridgehead atoms. The maximum atomic E-state index is 6.13. The minimum Gasteiger partial charge on any atom is -0.329 e. The first-order valence-corrected chi connectivity index (χ1v) is 7.56. The van der Waals surface area contributed by atoms with Gasteiger partial charge < -0.3 is 15.5 Å². The molecular weight excluding hydrogens is 224 g/mol. The standard InChI is InChI=1S/C14H30N4/c1-3-6-17-9-11-18(12-10-17)14(13-15)4-7-16(2)8-5-14/h3-13,15H2,1-2H3. The van der Waals surface area contributed by atoms with Crippen LogP contribution in [0.5, 0.6) is 0 Å².